The number of nitrogens with two attached hydrogens (primary N) is 1. The Kier molecular flexibility index (Phi) is 4.50. The van der Waals surface area contributed by atoms with Gasteiger partial charge in [-0.25, -0.2) is 0 Å². The molecule has 14 heavy (non-hydrogen) atoms. The number of oxime groups is 1. The van der Waals surface area contributed by atoms with E-state index < -0.39 is 0 Å². The van der Waals surface area contributed by atoms with Crippen LogP contribution in [0.3, 0.4) is 0 Å². The molecular formula is C10H14N2O2. The topological polar surface area (TPSA) is 56.8 Å². The summed E-state index contributed by atoms with van der Waals surface area (Å²) < 4.78 is 5.02. The highest BCUT2D eigenvalue weighted by atomic mass is 16.6. The molecule has 0 atom stereocenters. The maximum Gasteiger partial charge on any atom is 0.129 e. The van der Waals surface area contributed by atoms with Crippen LogP contribution >= 0.6 is 0 Å². The highest BCUT2D eigenvalue weighted by Gasteiger charge is 1.90. The second kappa shape index (κ2) is 5.99. The summed E-state index contributed by atoms with van der Waals surface area (Å²) in [6.07, 6.45) is 1.63. The molecule has 0 spiro atoms. The van der Waals surface area contributed by atoms with Gasteiger partial charge in [-0.15, -0.1) is 0 Å². The fourth-order valence-corrected chi connectivity index (χ4v) is 0.894. The van der Waals surface area contributed by atoms with Gasteiger partial charge >= 0.3 is 0 Å². The second-order valence-electron chi connectivity index (χ2n) is 2.63. The normalized spacial score (nSPS) is 10.4. The molecule has 1 rings (SSSR count). The van der Waals surface area contributed by atoms with Crippen LogP contribution in [0.4, 0.5) is 0 Å². The summed E-state index contributed by atoms with van der Waals surface area (Å²) >= 11 is 0. The van der Waals surface area contributed by atoms with Gasteiger partial charge in [0.1, 0.15) is 12.4 Å². The van der Waals surface area contributed by atoms with Crippen LogP contribution < -0.4 is 10.5 Å². The Balaban J connectivity index is 2.47. The van der Waals surface area contributed by atoms with E-state index >= 15 is 0 Å². The van der Waals surface area contributed by atoms with E-state index in [-0.39, 0.29) is 0 Å². The van der Waals surface area contributed by atoms with Crippen molar-refractivity contribution in [3.05, 3.63) is 29.8 Å². The Morgan fingerprint density at radius 3 is 2.64 bits per heavy atom. The zero-order chi connectivity index (χ0) is 10.2. The molecule has 0 aliphatic carbocycles. The Labute approximate surface area is 83.3 Å². The fourth-order valence-electron chi connectivity index (χ4n) is 0.894. The van der Waals surface area contributed by atoms with Crippen molar-refractivity contribution in [3.8, 4) is 5.75 Å². The van der Waals surface area contributed by atoms with Crippen molar-refractivity contribution in [1.82, 2.24) is 0 Å². The molecule has 2 N–H and O–H groups in total. The van der Waals surface area contributed by atoms with Gasteiger partial charge in [-0.2, -0.15) is 0 Å². The van der Waals surface area contributed by atoms with E-state index in [1.165, 1.54) is 0 Å². The Bertz CT molecular complexity index is 283. The van der Waals surface area contributed by atoms with E-state index in [4.69, 9.17) is 15.3 Å². The van der Waals surface area contributed by atoms with E-state index in [0.717, 1.165) is 11.3 Å². The third kappa shape index (κ3) is 3.45. The molecule has 0 saturated carbocycles. The van der Waals surface area contributed by atoms with Crippen molar-refractivity contribution in [2.45, 2.75) is 0 Å². The average Bonchev–Trinajstić information content (AvgIpc) is 2.25. The van der Waals surface area contributed by atoms with Crippen LogP contribution in [0, 0.1) is 0 Å². The Hall–Kier alpha value is -1.55. The van der Waals surface area contributed by atoms with Crippen LogP contribution in [-0.4, -0.2) is 26.5 Å². The van der Waals surface area contributed by atoms with Gasteiger partial charge in [0.2, 0.25) is 0 Å². The minimum absolute atomic E-state index is 0.437. The van der Waals surface area contributed by atoms with Crippen molar-refractivity contribution >= 4 is 6.21 Å². The second-order valence-corrected chi connectivity index (χ2v) is 2.63. The van der Waals surface area contributed by atoms with Gasteiger partial charge in [-0.05, 0) is 29.8 Å². The molecule has 0 saturated heterocycles. The summed E-state index contributed by atoms with van der Waals surface area (Å²) in [4.78, 5) is 4.86. The average molecular weight is 194 g/mol. The number of ether oxygens (including phenoxy) is 1. The van der Waals surface area contributed by atoms with Crippen LogP contribution in [-0.2, 0) is 4.84 Å². The summed E-state index contributed by atoms with van der Waals surface area (Å²) in [6.45, 7) is 0.909. The lowest BCUT2D eigenvalue weighted by Gasteiger charge is -1.98. The molecule has 0 bridgehead atoms. The summed E-state index contributed by atoms with van der Waals surface area (Å²) in [7, 11) is 1.63. The number of methoxy groups -OCH3 is 1. The third-order valence-corrected chi connectivity index (χ3v) is 1.60. The molecule has 1 aromatic rings. The Morgan fingerprint density at radius 2 is 2.07 bits per heavy atom. The third-order valence-electron chi connectivity index (χ3n) is 1.60. The van der Waals surface area contributed by atoms with Crippen LogP contribution in [0.2, 0.25) is 0 Å². The SMILES string of the molecule is COc1ccc(/C=N/OCCN)cc1. The highest BCUT2D eigenvalue weighted by molar-refractivity contribution is 5.79. The lowest BCUT2D eigenvalue weighted by atomic mass is 10.2. The number of nitrogens with zero attached hydrogens (tertiary/aromatic N) is 1. The lowest BCUT2D eigenvalue weighted by molar-refractivity contribution is 0.154. The van der Waals surface area contributed by atoms with Crippen LogP contribution in [0.5, 0.6) is 5.75 Å². The number of benzene rings is 1. The Morgan fingerprint density at radius 1 is 1.36 bits per heavy atom. The monoisotopic (exact) mass is 194 g/mol. The van der Waals surface area contributed by atoms with Gasteiger partial charge in [-0.3, -0.25) is 0 Å². The standard InChI is InChI=1S/C10H14N2O2/c1-13-10-4-2-9(3-5-10)8-12-14-7-6-11/h2-5,8H,6-7,11H2,1H3/b12-8+. The van der Waals surface area contributed by atoms with Gasteiger partial charge < -0.3 is 15.3 Å². The minimum Gasteiger partial charge on any atom is -0.497 e. The summed E-state index contributed by atoms with van der Waals surface area (Å²) in [5.74, 6) is 0.824. The first-order valence-electron chi connectivity index (χ1n) is 4.36. The first-order valence-corrected chi connectivity index (χ1v) is 4.36. The quantitative estimate of drug-likeness (QED) is 0.432. The maximum atomic E-state index is 5.23. The molecule has 0 heterocycles. The first-order chi connectivity index (χ1) is 6.86. The maximum absolute atomic E-state index is 5.23. The van der Waals surface area contributed by atoms with Gasteiger partial charge in [0.15, 0.2) is 0 Å². The highest BCUT2D eigenvalue weighted by Crippen LogP contribution is 2.09. The molecule has 0 radical (unpaired) electrons. The van der Waals surface area contributed by atoms with Crippen molar-refractivity contribution in [3.63, 3.8) is 0 Å². The lowest BCUT2D eigenvalue weighted by Crippen LogP contribution is -2.05. The van der Waals surface area contributed by atoms with E-state index in [0.29, 0.717) is 13.2 Å². The molecule has 0 aliphatic rings. The minimum atomic E-state index is 0.437. The van der Waals surface area contributed by atoms with E-state index in [1.54, 1.807) is 13.3 Å². The van der Waals surface area contributed by atoms with E-state index in [2.05, 4.69) is 5.16 Å². The number of rotatable bonds is 5. The van der Waals surface area contributed by atoms with Crippen molar-refractivity contribution in [2.75, 3.05) is 20.3 Å². The molecule has 0 aromatic heterocycles. The number of hydrogen-bond donors (Lipinski definition) is 1. The zero-order valence-electron chi connectivity index (χ0n) is 8.14. The molecule has 0 fully saturated rings. The molecule has 0 amide bonds. The zero-order valence-corrected chi connectivity index (χ0v) is 8.14. The molecular weight excluding hydrogens is 180 g/mol. The van der Waals surface area contributed by atoms with Crippen LogP contribution in [0.15, 0.2) is 29.4 Å². The van der Waals surface area contributed by atoms with Gasteiger partial charge in [0, 0.05) is 6.54 Å². The predicted molar refractivity (Wildman–Crippen MR) is 55.6 cm³/mol. The van der Waals surface area contributed by atoms with Crippen molar-refractivity contribution in [2.24, 2.45) is 10.9 Å². The smallest absolute Gasteiger partial charge is 0.129 e. The summed E-state index contributed by atoms with van der Waals surface area (Å²) in [5, 5.41) is 3.74. The molecule has 0 aliphatic heterocycles. The molecule has 76 valence electrons. The van der Waals surface area contributed by atoms with Gasteiger partial charge in [-0.1, -0.05) is 5.16 Å². The fraction of sp³-hybridized carbons (Fsp3) is 0.300. The largest absolute Gasteiger partial charge is 0.497 e. The predicted octanol–water partition coefficient (Wildman–Crippen LogP) is 1.00. The van der Waals surface area contributed by atoms with Crippen molar-refractivity contribution < 1.29 is 9.57 Å². The van der Waals surface area contributed by atoms with Crippen LogP contribution in [0.25, 0.3) is 0 Å². The van der Waals surface area contributed by atoms with Crippen LogP contribution in [0.1, 0.15) is 5.56 Å². The first kappa shape index (κ1) is 10.5. The summed E-state index contributed by atoms with van der Waals surface area (Å²) in [5.41, 5.74) is 6.19. The molecule has 1 aromatic carbocycles. The summed E-state index contributed by atoms with van der Waals surface area (Å²) in [6, 6.07) is 7.52. The molecule has 0 unspecified atom stereocenters. The molecule has 4 heteroatoms. The van der Waals surface area contributed by atoms with E-state index in [9.17, 15) is 0 Å². The van der Waals surface area contributed by atoms with E-state index in [1.807, 2.05) is 24.3 Å². The van der Waals surface area contributed by atoms with Crippen molar-refractivity contribution in [1.29, 1.82) is 0 Å². The molecule has 4 nitrogen and oxygen atoms in total. The van der Waals surface area contributed by atoms with Gasteiger partial charge in [0.05, 0.1) is 13.3 Å². The number of hydrogen-bond acceptors (Lipinski definition) is 4. The van der Waals surface area contributed by atoms with Gasteiger partial charge in [0.25, 0.3) is 0 Å².